The van der Waals surface area contributed by atoms with Gasteiger partial charge in [0.1, 0.15) is 11.2 Å². The topological polar surface area (TPSA) is 7.12 Å². The largest absolute Gasteiger partial charge is 0.335 e. The highest BCUT2D eigenvalue weighted by molar-refractivity contribution is 8.03. The molecule has 4 heteroatoms. The fraction of sp³-hybridized carbons (Fsp3) is 0.222. The molecule has 1 aliphatic rings. The number of allylic oxidation sites excluding steroid dienone is 6. The lowest BCUT2D eigenvalue weighted by Gasteiger charge is -2.17. The Balaban J connectivity index is 1.43. The summed E-state index contributed by atoms with van der Waals surface area (Å²) < 4.78 is 3.72. The Labute approximate surface area is 193 Å². The van der Waals surface area contributed by atoms with Gasteiger partial charge in [-0.2, -0.15) is 4.57 Å². The summed E-state index contributed by atoms with van der Waals surface area (Å²) in [4.78, 5) is 3.72. The molecule has 1 aromatic heterocycles. The molecule has 0 saturated heterocycles. The number of fused-ring (bicyclic) bond motifs is 2. The molecule has 0 saturated carbocycles. The number of aryl methyl sites for hydroxylation is 3. The van der Waals surface area contributed by atoms with Gasteiger partial charge in [-0.3, -0.25) is 0 Å². The number of anilines is 1. The van der Waals surface area contributed by atoms with Crippen molar-refractivity contribution in [2.45, 2.75) is 39.1 Å². The minimum atomic E-state index is 0.980. The Morgan fingerprint density at radius 1 is 0.903 bits per heavy atom. The average Bonchev–Trinajstić information content (AvgIpc) is 3.29. The van der Waals surface area contributed by atoms with E-state index in [0.717, 1.165) is 13.1 Å². The van der Waals surface area contributed by atoms with E-state index in [0.29, 0.717) is 0 Å². The molecule has 0 atom stereocenters. The van der Waals surface area contributed by atoms with Crippen molar-refractivity contribution in [1.29, 1.82) is 0 Å². The van der Waals surface area contributed by atoms with E-state index in [9.17, 15) is 0 Å². The third-order valence-corrected chi connectivity index (χ3v) is 7.59. The first-order chi connectivity index (χ1) is 15.1. The maximum absolute atomic E-state index is 2.38. The van der Waals surface area contributed by atoms with Gasteiger partial charge in [-0.25, -0.2) is 0 Å². The molecule has 4 rings (SSSR count). The summed E-state index contributed by atoms with van der Waals surface area (Å²) in [6.45, 7) is 10.7. The third-order valence-electron chi connectivity index (χ3n) is 5.33. The zero-order valence-electron chi connectivity index (χ0n) is 18.6. The number of thiazole rings is 1. The summed E-state index contributed by atoms with van der Waals surface area (Å²) in [5.74, 6) is 0. The number of aromatic nitrogens is 1. The number of benzene rings is 2. The van der Waals surface area contributed by atoms with Crippen LogP contribution in [0.5, 0.6) is 0 Å². The van der Waals surface area contributed by atoms with Gasteiger partial charge in [0.25, 0.3) is 5.01 Å². The summed E-state index contributed by atoms with van der Waals surface area (Å²) in [6, 6.07) is 13.4. The SMILES string of the molecule is CCN1/C(=C/C=C/C=C/C=C/c2sc3ccc(C)cc3[n+]2CC)Sc2ccc(C)cc21. The Hall–Kier alpha value is -2.56. The van der Waals surface area contributed by atoms with E-state index in [1.807, 2.05) is 23.1 Å². The average molecular weight is 446 g/mol. The fourth-order valence-electron chi connectivity index (χ4n) is 3.79. The molecular weight excluding hydrogens is 416 g/mol. The summed E-state index contributed by atoms with van der Waals surface area (Å²) in [5, 5.41) is 2.57. The third kappa shape index (κ3) is 4.70. The van der Waals surface area contributed by atoms with E-state index >= 15 is 0 Å². The quantitative estimate of drug-likeness (QED) is 0.288. The number of rotatable bonds is 6. The van der Waals surface area contributed by atoms with E-state index in [1.165, 1.54) is 42.0 Å². The van der Waals surface area contributed by atoms with E-state index in [2.05, 4.69) is 116 Å². The maximum atomic E-state index is 2.38. The van der Waals surface area contributed by atoms with Crippen LogP contribution < -0.4 is 9.47 Å². The molecule has 31 heavy (non-hydrogen) atoms. The standard InChI is InChI=1S/C27H29N2S2/c1-5-28-22-18-20(3)14-16-24(22)30-26(28)12-10-8-7-9-11-13-27-29(6-2)23-19-21(4)15-17-25(23)31-27/h7-19H,5-6H2,1-4H3/q+1. The number of nitrogens with zero attached hydrogens (tertiary/aromatic N) is 2. The fourth-order valence-corrected chi connectivity index (χ4v) is 6.03. The molecule has 0 amide bonds. The number of hydrogen-bond acceptors (Lipinski definition) is 3. The van der Waals surface area contributed by atoms with Crippen LogP contribution in [0.15, 0.2) is 82.8 Å². The molecule has 3 aromatic rings. The molecule has 1 aliphatic heterocycles. The summed E-state index contributed by atoms with van der Waals surface area (Å²) in [6.07, 6.45) is 15.0. The second kappa shape index (κ2) is 9.71. The minimum Gasteiger partial charge on any atom is -0.335 e. The van der Waals surface area contributed by atoms with Crippen LogP contribution in [0.25, 0.3) is 16.3 Å². The van der Waals surface area contributed by atoms with Crippen LogP contribution in [-0.2, 0) is 6.54 Å². The number of hydrogen-bond donors (Lipinski definition) is 0. The summed E-state index contributed by atoms with van der Waals surface area (Å²) in [5.41, 5.74) is 5.27. The lowest BCUT2D eigenvalue weighted by molar-refractivity contribution is -0.665. The second-order valence-corrected chi connectivity index (χ2v) is 9.73. The van der Waals surface area contributed by atoms with Gasteiger partial charge in [0.05, 0.1) is 10.7 Å². The Morgan fingerprint density at radius 3 is 2.45 bits per heavy atom. The van der Waals surface area contributed by atoms with Crippen LogP contribution in [0.1, 0.15) is 30.0 Å². The molecule has 2 nitrogen and oxygen atoms in total. The predicted molar refractivity (Wildman–Crippen MR) is 138 cm³/mol. The first kappa shape index (κ1) is 21.7. The van der Waals surface area contributed by atoms with Crippen LogP contribution in [0.3, 0.4) is 0 Å². The van der Waals surface area contributed by atoms with E-state index in [1.54, 1.807) is 0 Å². The van der Waals surface area contributed by atoms with Crippen molar-refractivity contribution in [1.82, 2.24) is 0 Å². The van der Waals surface area contributed by atoms with Crippen molar-refractivity contribution >= 4 is 45.1 Å². The zero-order chi connectivity index (χ0) is 21.8. The molecule has 0 unspecified atom stereocenters. The molecule has 0 N–H and O–H groups in total. The maximum Gasteiger partial charge on any atom is 0.262 e. The van der Waals surface area contributed by atoms with E-state index in [4.69, 9.17) is 0 Å². The van der Waals surface area contributed by atoms with E-state index < -0.39 is 0 Å². The van der Waals surface area contributed by atoms with Crippen molar-refractivity contribution in [2.24, 2.45) is 0 Å². The Morgan fingerprint density at radius 2 is 1.65 bits per heavy atom. The summed E-state index contributed by atoms with van der Waals surface area (Å²) >= 11 is 3.69. The lowest BCUT2D eigenvalue weighted by atomic mass is 10.2. The minimum absolute atomic E-state index is 0.980. The van der Waals surface area contributed by atoms with Crippen LogP contribution in [-0.4, -0.2) is 6.54 Å². The van der Waals surface area contributed by atoms with Crippen molar-refractivity contribution in [3.05, 3.63) is 94.0 Å². The molecule has 0 aliphatic carbocycles. The van der Waals surface area contributed by atoms with Crippen LogP contribution in [0, 0.1) is 13.8 Å². The van der Waals surface area contributed by atoms with Crippen molar-refractivity contribution in [3.63, 3.8) is 0 Å². The molecule has 0 fully saturated rings. The van der Waals surface area contributed by atoms with Gasteiger partial charge < -0.3 is 4.90 Å². The van der Waals surface area contributed by atoms with Gasteiger partial charge in [0.15, 0.2) is 0 Å². The lowest BCUT2D eigenvalue weighted by Crippen LogP contribution is -2.33. The Bertz CT molecular complexity index is 1210. The predicted octanol–water partition coefficient (Wildman–Crippen LogP) is 7.42. The highest BCUT2D eigenvalue weighted by Gasteiger charge is 2.23. The van der Waals surface area contributed by atoms with Crippen LogP contribution in [0.2, 0.25) is 0 Å². The van der Waals surface area contributed by atoms with Gasteiger partial charge in [-0.15, -0.1) is 0 Å². The molecule has 0 radical (unpaired) electrons. The van der Waals surface area contributed by atoms with Gasteiger partial charge in [-0.1, -0.05) is 65.6 Å². The van der Waals surface area contributed by atoms with Gasteiger partial charge in [0.2, 0.25) is 5.52 Å². The normalized spacial score (nSPS) is 15.5. The first-order valence-corrected chi connectivity index (χ1v) is 12.4. The summed E-state index contributed by atoms with van der Waals surface area (Å²) in [7, 11) is 0. The zero-order valence-corrected chi connectivity index (χ0v) is 20.3. The van der Waals surface area contributed by atoms with Gasteiger partial charge in [-0.05, 0) is 63.1 Å². The highest BCUT2D eigenvalue weighted by atomic mass is 32.2. The molecular formula is C27H29N2S2+. The van der Waals surface area contributed by atoms with Crippen molar-refractivity contribution in [2.75, 3.05) is 11.4 Å². The van der Waals surface area contributed by atoms with Crippen molar-refractivity contribution < 1.29 is 4.57 Å². The number of thioether (sulfide) groups is 1. The molecule has 158 valence electrons. The first-order valence-electron chi connectivity index (χ1n) is 10.8. The molecule has 2 aromatic carbocycles. The highest BCUT2D eigenvalue weighted by Crippen LogP contribution is 2.46. The van der Waals surface area contributed by atoms with Crippen LogP contribution in [0.4, 0.5) is 5.69 Å². The van der Waals surface area contributed by atoms with Crippen molar-refractivity contribution in [3.8, 4) is 0 Å². The van der Waals surface area contributed by atoms with E-state index in [-0.39, 0.29) is 0 Å². The second-order valence-electron chi connectivity index (χ2n) is 7.61. The smallest absolute Gasteiger partial charge is 0.262 e. The van der Waals surface area contributed by atoms with Gasteiger partial charge in [0, 0.05) is 23.6 Å². The van der Waals surface area contributed by atoms with Crippen LogP contribution >= 0.6 is 23.1 Å². The van der Waals surface area contributed by atoms with Gasteiger partial charge >= 0.3 is 0 Å². The molecule has 0 bridgehead atoms. The monoisotopic (exact) mass is 445 g/mol. The Kier molecular flexibility index (Phi) is 6.79. The molecule has 2 heterocycles. The molecule has 0 spiro atoms.